The predicted molar refractivity (Wildman–Crippen MR) is 228 cm³/mol. The van der Waals surface area contributed by atoms with Gasteiger partial charge in [-0.2, -0.15) is 0 Å². The zero-order valence-corrected chi connectivity index (χ0v) is 26.9. The van der Waals surface area contributed by atoms with Crippen molar-refractivity contribution in [3.8, 4) is 44.5 Å². The lowest BCUT2D eigenvalue weighted by atomic mass is 9.95. The Labute approximate surface area is 364 Å². The van der Waals surface area contributed by atoms with Crippen LogP contribution in [0.25, 0.3) is 77.2 Å². The minimum atomic E-state index is -1.39. The Morgan fingerprint density at radius 1 is 0.370 bits per heavy atom. The van der Waals surface area contributed by atoms with Crippen LogP contribution in [0.4, 0.5) is 17.1 Å². The molecule has 0 bridgehead atoms. The fraction of sp³-hybridized carbons (Fsp3) is 0. The van der Waals surface area contributed by atoms with Gasteiger partial charge in [0.2, 0.25) is 0 Å². The summed E-state index contributed by atoms with van der Waals surface area (Å²) >= 11 is 0. The van der Waals surface area contributed by atoms with Crippen LogP contribution in [0.3, 0.4) is 0 Å². The predicted octanol–water partition coefficient (Wildman–Crippen LogP) is 14.9. The van der Waals surface area contributed by atoms with Crippen molar-refractivity contribution in [2.75, 3.05) is 4.90 Å². The molecule has 1 heterocycles. The Balaban J connectivity index is 1.48. The van der Waals surface area contributed by atoms with Crippen LogP contribution in [-0.4, -0.2) is 0 Å². The van der Waals surface area contributed by atoms with Crippen molar-refractivity contribution in [1.82, 2.24) is 0 Å². The van der Waals surface area contributed by atoms with E-state index in [-0.39, 0.29) is 0 Å². The molecule has 2 heteroatoms. The van der Waals surface area contributed by atoms with Crippen LogP contribution in [0.1, 0.15) is 48.0 Å². The second-order valence-corrected chi connectivity index (χ2v) is 11.0. The molecule has 0 aliphatic rings. The summed E-state index contributed by atoms with van der Waals surface area (Å²) in [4.78, 5) is 0.299. The summed E-state index contributed by atoms with van der Waals surface area (Å²) in [6.07, 6.45) is 0. The monoisotopic (exact) mass is 724 g/mol. The van der Waals surface area contributed by atoms with E-state index in [4.69, 9.17) is 33.2 Å². The molecule has 10 rings (SSSR count). The minimum Gasteiger partial charge on any atom is -0.455 e. The first kappa shape index (κ1) is 11.9. The maximum absolute atomic E-state index is 10.1. The van der Waals surface area contributed by atoms with Crippen molar-refractivity contribution in [3.63, 3.8) is 0 Å². The molecule has 0 saturated heterocycles. The molecule has 0 saturated carbocycles. The third-order valence-electron chi connectivity index (χ3n) is 7.94. The van der Waals surface area contributed by atoms with Crippen molar-refractivity contribution in [2.45, 2.75) is 0 Å². The fourth-order valence-corrected chi connectivity index (χ4v) is 5.57. The molecule has 0 amide bonds. The minimum absolute atomic E-state index is 0.299. The lowest BCUT2D eigenvalue weighted by Gasteiger charge is -2.27. The Morgan fingerprint density at radius 2 is 0.907 bits per heavy atom. The van der Waals surface area contributed by atoms with E-state index in [9.17, 15) is 19.2 Å². The van der Waals surface area contributed by atoms with Crippen LogP contribution in [-0.2, 0) is 0 Å². The number of para-hydroxylation sites is 1. The summed E-state index contributed by atoms with van der Waals surface area (Å²) in [5, 5.41) is -3.19. The average molecular weight is 725 g/mol. The quantitative estimate of drug-likeness (QED) is 0.163. The number of hydrogen-bond donors (Lipinski definition) is 0. The number of benzene rings is 9. The molecule has 54 heavy (non-hydrogen) atoms. The van der Waals surface area contributed by atoms with Gasteiger partial charge in [-0.05, 0) is 92.0 Å². The van der Waals surface area contributed by atoms with Crippen molar-refractivity contribution in [3.05, 3.63) is 211 Å². The van der Waals surface area contributed by atoms with Crippen LogP contribution >= 0.6 is 0 Å². The van der Waals surface area contributed by atoms with Crippen LogP contribution in [0.15, 0.2) is 216 Å². The number of furan rings is 1. The summed E-state index contributed by atoms with van der Waals surface area (Å²) in [6.45, 7) is 0. The molecule has 0 fully saturated rings. The normalized spacial score (nSPS) is 20.4. The summed E-state index contributed by atoms with van der Waals surface area (Å²) in [7, 11) is 0. The first-order valence-electron chi connectivity index (χ1n) is 33.1. The second kappa shape index (κ2) is 13.4. The van der Waals surface area contributed by atoms with Crippen LogP contribution in [0.2, 0.25) is 0 Å². The fourth-order valence-electron chi connectivity index (χ4n) is 5.57. The maximum atomic E-state index is 10.1. The Bertz CT molecular complexity index is 4850. The molecule has 0 unspecified atom stereocenters. The topological polar surface area (TPSA) is 16.4 Å². The Hall–Kier alpha value is -7.16. The van der Waals surface area contributed by atoms with Gasteiger partial charge in [0.25, 0.3) is 0 Å². The van der Waals surface area contributed by atoms with Gasteiger partial charge in [-0.15, -0.1) is 0 Å². The summed E-state index contributed by atoms with van der Waals surface area (Å²) in [6, 6.07) is -38.8. The molecule has 10 aromatic rings. The van der Waals surface area contributed by atoms with Gasteiger partial charge in [0.15, 0.2) is 0 Å². The van der Waals surface area contributed by atoms with E-state index in [0.717, 1.165) is 0 Å². The highest BCUT2D eigenvalue weighted by molar-refractivity contribution is 6.18. The summed E-state index contributed by atoms with van der Waals surface area (Å²) < 4.78 is 322. The SMILES string of the molecule is [2H]c1c([2H])c([2H])c(-c2c([2H])c([2H])c(-c3c([2H])c([2H])c([2H])c(N(c4c([2H])c([2H])c(-c5c([2H])c([2H])c([2H])c([2H])c5[2H])c([2H])c4[2H])c4c([2H])c([2H])c(-c5c([2H])c([2H])c([2H])c6c([2H])c([2H])c([2H])c([2H])c56)c5oc6c([2H])c([2H])c([2H])c([2H])c6c45)c3[2H])c([2H])c2[2H])c([2H])c1[2H]. The molecular formula is C52H35NO. The highest BCUT2D eigenvalue weighted by atomic mass is 16.3. The molecule has 0 atom stereocenters. The van der Waals surface area contributed by atoms with Crippen molar-refractivity contribution >= 4 is 49.8 Å². The third kappa shape index (κ3) is 5.62. The molecule has 0 N–H and O–H groups in total. The summed E-state index contributed by atoms with van der Waals surface area (Å²) in [5.74, 6) is 0. The zero-order valence-electron chi connectivity index (χ0n) is 61.9. The maximum Gasteiger partial charge on any atom is 0.145 e. The van der Waals surface area contributed by atoms with Crippen LogP contribution in [0.5, 0.6) is 0 Å². The molecule has 254 valence electrons. The number of nitrogens with zero attached hydrogens (tertiary/aromatic N) is 1. The van der Waals surface area contributed by atoms with Crippen LogP contribution < -0.4 is 4.90 Å². The van der Waals surface area contributed by atoms with Gasteiger partial charge in [-0.3, -0.25) is 0 Å². The van der Waals surface area contributed by atoms with E-state index in [1.165, 1.54) is 0 Å². The van der Waals surface area contributed by atoms with Crippen molar-refractivity contribution < 1.29 is 52.4 Å². The smallest absolute Gasteiger partial charge is 0.145 e. The van der Waals surface area contributed by atoms with Crippen LogP contribution in [0, 0.1) is 0 Å². The van der Waals surface area contributed by atoms with Gasteiger partial charge >= 0.3 is 0 Å². The average Bonchev–Trinajstić information content (AvgIpc) is 1.68. The largest absolute Gasteiger partial charge is 0.455 e. The van der Waals surface area contributed by atoms with Crippen molar-refractivity contribution in [1.29, 1.82) is 0 Å². The molecular weight excluding hydrogens is 655 g/mol. The highest BCUT2D eigenvalue weighted by Crippen LogP contribution is 2.47. The van der Waals surface area contributed by atoms with Gasteiger partial charge in [-0.25, -0.2) is 0 Å². The first-order chi connectivity index (χ1) is 41.4. The molecule has 0 spiro atoms. The number of rotatable bonds is 7. The van der Waals surface area contributed by atoms with E-state index in [2.05, 4.69) is 0 Å². The van der Waals surface area contributed by atoms with Gasteiger partial charge in [0.05, 0.1) is 59.1 Å². The molecule has 0 radical (unpaired) electrons. The molecule has 2 nitrogen and oxygen atoms in total. The van der Waals surface area contributed by atoms with Crippen molar-refractivity contribution in [2.24, 2.45) is 0 Å². The first-order valence-corrected chi connectivity index (χ1v) is 15.6. The lowest BCUT2D eigenvalue weighted by Crippen LogP contribution is -2.10. The van der Waals surface area contributed by atoms with Gasteiger partial charge in [-0.1, -0.05) is 169 Å². The Kier molecular flexibility index (Phi) is 2.97. The lowest BCUT2D eigenvalue weighted by molar-refractivity contribution is 0.670. The number of hydrogen-bond acceptors (Lipinski definition) is 2. The summed E-state index contributed by atoms with van der Waals surface area (Å²) in [5.41, 5.74) is -13.1. The zero-order chi connectivity index (χ0) is 66.3. The molecule has 1 aromatic heterocycles. The van der Waals surface area contributed by atoms with E-state index in [1.54, 1.807) is 0 Å². The standard InChI is InChI=1S/C52H35NO/c1-3-13-36(14-4-1)38-25-27-40(28-26-38)42-19-11-20-44(35-42)53(43-31-29-39(30-32-43)37-15-5-2-6-16-37)49-34-33-47(46-23-12-18-41-17-7-8-21-45(41)46)52-51(49)48-22-9-10-24-50(48)54-52/h1-35H/i1D,2D,3D,4D,5D,6D,7D,8D,9D,10D,11D,12D,13D,14D,15D,16D,17D,18D,19D,20D,21D,22D,23D,24D,25D,26D,27D,28D,29D,30D,31D,32D,33D,34D,35D. The van der Waals surface area contributed by atoms with E-state index < -0.39 is 306 Å². The van der Waals surface area contributed by atoms with Gasteiger partial charge in [0, 0.05) is 22.3 Å². The van der Waals surface area contributed by atoms with E-state index in [0.29, 0.717) is 4.90 Å². The van der Waals surface area contributed by atoms with E-state index >= 15 is 0 Å². The van der Waals surface area contributed by atoms with E-state index in [1.807, 2.05) is 0 Å². The molecule has 0 aliphatic carbocycles. The highest BCUT2D eigenvalue weighted by Gasteiger charge is 2.23. The third-order valence-corrected chi connectivity index (χ3v) is 7.94. The number of anilines is 3. The van der Waals surface area contributed by atoms with Gasteiger partial charge < -0.3 is 9.32 Å². The van der Waals surface area contributed by atoms with Gasteiger partial charge in [0.1, 0.15) is 11.2 Å². The second-order valence-electron chi connectivity index (χ2n) is 11.0. The Morgan fingerprint density at radius 3 is 1.63 bits per heavy atom. The molecule has 0 aliphatic heterocycles. The number of fused-ring (bicyclic) bond motifs is 4. The molecule has 9 aromatic carbocycles.